The van der Waals surface area contributed by atoms with Gasteiger partial charge in [-0.25, -0.2) is 4.57 Å². The van der Waals surface area contributed by atoms with E-state index < -0.39 is 45.1 Å². The van der Waals surface area contributed by atoms with Crippen LogP contribution in [0.15, 0.2) is 0 Å². The minimum atomic E-state index is -4.87. The molecule has 1 heterocycles. The van der Waals surface area contributed by atoms with Crippen LogP contribution in [-0.2, 0) is 18.6 Å². The Hall–Kier alpha value is -0.0900. The number of phosphoric ester groups is 1. The van der Waals surface area contributed by atoms with Gasteiger partial charge in [-0.1, -0.05) is 0 Å². The van der Waals surface area contributed by atoms with E-state index in [1.807, 2.05) is 0 Å². The van der Waals surface area contributed by atoms with Crippen LogP contribution >= 0.6 is 7.82 Å². The number of aliphatic hydroxyl groups is 3. The monoisotopic (exact) mass is 274 g/mol. The molecule has 0 amide bonds. The van der Waals surface area contributed by atoms with Crippen LogP contribution in [-0.4, -0.2) is 69.5 Å². The molecule has 5 atom stereocenters. The lowest BCUT2D eigenvalue weighted by atomic mass is 9.99. The highest BCUT2D eigenvalue weighted by Gasteiger charge is 2.47. The largest absolute Gasteiger partial charge is 0.472 e. The highest BCUT2D eigenvalue weighted by Crippen LogP contribution is 2.40. The summed E-state index contributed by atoms with van der Waals surface area (Å²) in [5.74, 6) is 0. The maximum absolute atomic E-state index is 10.6. The second-order valence-electron chi connectivity index (χ2n) is 3.50. The van der Waals surface area contributed by atoms with Gasteiger partial charge in [0.25, 0.3) is 0 Å². The van der Waals surface area contributed by atoms with Crippen LogP contribution in [0.2, 0.25) is 0 Å². The number of methoxy groups -OCH3 is 1. The number of aliphatic hydroxyl groups excluding tert-OH is 3. The van der Waals surface area contributed by atoms with Crippen molar-refractivity contribution in [1.29, 1.82) is 0 Å². The summed E-state index contributed by atoms with van der Waals surface area (Å²) in [6, 6.07) is 0. The first-order valence-corrected chi connectivity index (χ1v) is 6.22. The molecular formula is C7H15O9P. The standard InChI is InChI=1S/C7H15O9P/c1-14-6-4(9)3(2-8)15-7(5(6)10)16-17(11,12)13/h3-10H,2H2,1H3,(H2,11,12,13)/t3-,4-,5-,6+,7-/m1/s1. The third-order valence-electron chi connectivity index (χ3n) is 2.34. The van der Waals surface area contributed by atoms with Crippen molar-refractivity contribution in [2.45, 2.75) is 30.7 Å². The smallest absolute Gasteiger partial charge is 0.394 e. The van der Waals surface area contributed by atoms with E-state index in [1.165, 1.54) is 7.11 Å². The first-order valence-electron chi connectivity index (χ1n) is 4.69. The zero-order valence-corrected chi connectivity index (χ0v) is 9.80. The van der Waals surface area contributed by atoms with Crippen LogP contribution in [0.5, 0.6) is 0 Å². The van der Waals surface area contributed by atoms with Crippen LogP contribution in [0.4, 0.5) is 0 Å². The molecule has 1 aliphatic heterocycles. The summed E-state index contributed by atoms with van der Waals surface area (Å²) in [4.78, 5) is 17.2. The molecule has 17 heavy (non-hydrogen) atoms. The molecule has 1 rings (SSSR count). The highest BCUT2D eigenvalue weighted by molar-refractivity contribution is 7.46. The maximum atomic E-state index is 10.6. The summed E-state index contributed by atoms with van der Waals surface area (Å²) in [5, 5.41) is 28.1. The Bertz CT molecular complexity index is 291. The fourth-order valence-electron chi connectivity index (χ4n) is 1.55. The quantitative estimate of drug-likeness (QED) is 0.352. The summed E-state index contributed by atoms with van der Waals surface area (Å²) in [6.45, 7) is -0.616. The van der Waals surface area contributed by atoms with E-state index in [2.05, 4.69) is 4.52 Å². The van der Waals surface area contributed by atoms with Gasteiger partial charge < -0.3 is 34.6 Å². The number of phosphoric acid groups is 1. The molecule has 0 unspecified atom stereocenters. The molecule has 5 N–H and O–H groups in total. The van der Waals surface area contributed by atoms with Gasteiger partial charge in [-0.05, 0) is 0 Å². The Labute approximate surface area is 96.8 Å². The number of ether oxygens (including phenoxy) is 2. The van der Waals surface area contributed by atoms with Gasteiger partial charge >= 0.3 is 7.82 Å². The molecule has 0 aromatic carbocycles. The van der Waals surface area contributed by atoms with Gasteiger partial charge in [0.1, 0.15) is 24.4 Å². The molecule has 10 heteroatoms. The van der Waals surface area contributed by atoms with Crippen LogP contribution in [0.3, 0.4) is 0 Å². The van der Waals surface area contributed by atoms with Gasteiger partial charge in [-0.15, -0.1) is 0 Å². The molecule has 0 radical (unpaired) electrons. The number of hydrogen-bond acceptors (Lipinski definition) is 7. The van der Waals surface area contributed by atoms with Gasteiger partial charge in [0.05, 0.1) is 6.61 Å². The SMILES string of the molecule is CO[C@@H]1[C@@H](O)[C@@H](OP(=O)(O)O)O[C@H](CO)[C@H]1O. The number of rotatable bonds is 4. The summed E-state index contributed by atoms with van der Waals surface area (Å²) in [7, 11) is -3.68. The summed E-state index contributed by atoms with van der Waals surface area (Å²) in [6.07, 6.45) is -6.97. The predicted molar refractivity (Wildman–Crippen MR) is 51.7 cm³/mol. The summed E-state index contributed by atoms with van der Waals surface area (Å²) < 4.78 is 24.4. The fourth-order valence-corrected chi connectivity index (χ4v) is 2.00. The molecule has 0 spiro atoms. The number of hydrogen-bond donors (Lipinski definition) is 5. The third kappa shape index (κ3) is 3.68. The first kappa shape index (κ1) is 15.0. The van der Waals surface area contributed by atoms with E-state index in [9.17, 15) is 14.8 Å². The van der Waals surface area contributed by atoms with E-state index in [-0.39, 0.29) is 0 Å². The van der Waals surface area contributed by atoms with Crippen LogP contribution in [0.25, 0.3) is 0 Å². The molecular weight excluding hydrogens is 259 g/mol. The Morgan fingerprint density at radius 2 is 1.88 bits per heavy atom. The van der Waals surface area contributed by atoms with Crippen molar-refractivity contribution in [3.8, 4) is 0 Å². The van der Waals surface area contributed by atoms with Crippen molar-refractivity contribution in [3.63, 3.8) is 0 Å². The lowest BCUT2D eigenvalue weighted by molar-refractivity contribution is -0.285. The zero-order chi connectivity index (χ0) is 13.2. The van der Waals surface area contributed by atoms with Crippen molar-refractivity contribution >= 4 is 7.82 Å². The van der Waals surface area contributed by atoms with E-state index in [0.717, 1.165) is 0 Å². The minimum Gasteiger partial charge on any atom is -0.394 e. The van der Waals surface area contributed by atoms with Crippen LogP contribution in [0, 0.1) is 0 Å². The van der Waals surface area contributed by atoms with Gasteiger partial charge in [-0.3, -0.25) is 4.52 Å². The molecule has 9 nitrogen and oxygen atoms in total. The van der Waals surface area contributed by atoms with Gasteiger partial charge in [0, 0.05) is 7.11 Å². The lowest BCUT2D eigenvalue weighted by Gasteiger charge is -2.40. The minimum absolute atomic E-state index is 0.616. The summed E-state index contributed by atoms with van der Waals surface area (Å²) >= 11 is 0. The molecule has 102 valence electrons. The van der Waals surface area contributed by atoms with Crippen molar-refractivity contribution in [2.75, 3.05) is 13.7 Å². The first-order chi connectivity index (χ1) is 7.80. The van der Waals surface area contributed by atoms with Crippen molar-refractivity contribution in [2.24, 2.45) is 0 Å². The maximum Gasteiger partial charge on any atom is 0.472 e. The van der Waals surface area contributed by atoms with Gasteiger partial charge in [0.15, 0.2) is 6.29 Å². The van der Waals surface area contributed by atoms with Crippen molar-refractivity contribution < 1.29 is 43.7 Å². The lowest BCUT2D eigenvalue weighted by Crippen LogP contribution is -2.59. The molecule has 0 bridgehead atoms. The Balaban J connectivity index is 2.81. The summed E-state index contributed by atoms with van der Waals surface area (Å²) in [5.41, 5.74) is 0. The predicted octanol–water partition coefficient (Wildman–Crippen LogP) is -2.45. The molecule has 0 aromatic rings. The average Bonchev–Trinajstić information content (AvgIpc) is 2.21. The third-order valence-corrected chi connectivity index (χ3v) is 2.82. The molecule has 1 saturated heterocycles. The molecule has 0 aromatic heterocycles. The van der Waals surface area contributed by atoms with Crippen LogP contribution in [0.1, 0.15) is 0 Å². The Morgan fingerprint density at radius 1 is 1.29 bits per heavy atom. The normalized spacial score (nSPS) is 39.3. The van der Waals surface area contributed by atoms with Gasteiger partial charge in [0.2, 0.25) is 0 Å². The average molecular weight is 274 g/mol. The fraction of sp³-hybridized carbons (Fsp3) is 1.00. The van der Waals surface area contributed by atoms with E-state index >= 15 is 0 Å². The van der Waals surface area contributed by atoms with Crippen molar-refractivity contribution in [3.05, 3.63) is 0 Å². The van der Waals surface area contributed by atoms with E-state index in [0.29, 0.717) is 0 Å². The van der Waals surface area contributed by atoms with E-state index in [4.69, 9.17) is 24.4 Å². The molecule has 0 saturated carbocycles. The Morgan fingerprint density at radius 3 is 2.29 bits per heavy atom. The van der Waals surface area contributed by atoms with Gasteiger partial charge in [-0.2, -0.15) is 0 Å². The second kappa shape index (κ2) is 5.70. The molecule has 1 aliphatic rings. The van der Waals surface area contributed by atoms with Crippen molar-refractivity contribution in [1.82, 2.24) is 0 Å². The van der Waals surface area contributed by atoms with E-state index in [1.54, 1.807) is 0 Å². The Kier molecular flexibility index (Phi) is 5.02. The highest BCUT2D eigenvalue weighted by atomic mass is 31.2. The molecule has 1 fully saturated rings. The molecule has 0 aliphatic carbocycles. The zero-order valence-electron chi connectivity index (χ0n) is 8.91. The second-order valence-corrected chi connectivity index (χ2v) is 4.69. The van der Waals surface area contributed by atoms with Crippen LogP contribution < -0.4 is 0 Å². The topological polar surface area (TPSA) is 146 Å².